The zero-order valence-corrected chi connectivity index (χ0v) is 49.9. The predicted molar refractivity (Wildman–Crippen MR) is 307 cm³/mol. The van der Waals surface area contributed by atoms with Gasteiger partial charge in [-0.1, -0.05) is 7.43 Å². The van der Waals surface area contributed by atoms with Crippen molar-refractivity contribution in [1.29, 1.82) is 0 Å². The summed E-state index contributed by atoms with van der Waals surface area (Å²) in [5.74, 6) is -7.43. The van der Waals surface area contributed by atoms with Gasteiger partial charge in [0.05, 0.1) is 81.5 Å². The molecular weight excluding hydrogens is 1150 g/mol. The number of hydrogen-bond acceptors (Lipinski definition) is 24. The van der Waals surface area contributed by atoms with Gasteiger partial charge in [-0.3, -0.25) is 39.4 Å². The molecule has 84 heavy (non-hydrogen) atoms. The number of alkyl carbamates (subject to hydrolysis) is 2. The average molecular weight is 1240 g/mol. The van der Waals surface area contributed by atoms with E-state index in [1.807, 2.05) is 0 Å². The van der Waals surface area contributed by atoms with Crippen LogP contribution in [0.1, 0.15) is 99.6 Å². The Morgan fingerprint density at radius 3 is 1.32 bits per heavy atom. The molecule has 0 aliphatic heterocycles. The Bertz CT molecular complexity index is 2560. The van der Waals surface area contributed by atoms with E-state index in [1.54, 1.807) is 41.5 Å². The molecule has 32 heteroatoms. The molecule has 0 aliphatic carbocycles. The Kier molecular flexibility index (Phi) is 33.6. The second kappa shape index (κ2) is 36.9. The van der Waals surface area contributed by atoms with Gasteiger partial charge in [0.25, 0.3) is 11.4 Å². The first-order valence-electron chi connectivity index (χ1n) is 25.4. The maximum atomic E-state index is 12.7. The van der Waals surface area contributed by atoms with Crippen LogP contribution in [0.15, 0.2) is 24.3 Å². The van der Waals surface area contributed by atoms with Crippen LogP contribution >= 0.6 is 23.5 Å². The number of carbonyl (C=O) groups is 8. The van der Waals surface area contributed by atoms with Gasteiger partial charge in [-0.15, -0.1) is 0 Å². The van der Waals surface area contributed by atoms with Crippen LogP contribution < -0.4 is 46.4 Å². The number of benzene rings is 2. The molecule has 0 saturated heterocycles. The molecule has 0 spiro atoms. The number of rotatable bonds is 33. The van der Waals surface area contributed by atoms with Gasteiger partial charge in [0.1, 0.15) is 23.3 Å². The largest absolute Gasteiger partial charge is 0.493 e. The molecule has 2 aromatic rings. The summed E-state index contributed by atoms with van der Waals surface area (Å²) in [6.07, 6.45) is -1.59. The summed E-state index contributed by atoms with van der Waals surface area (Å²) in [5.41, 5.74) is 10.3. The number of nitrogens with two attached hydrogens (primary N) is 2. The van der Waals surface area contributed by atoms with Gasteiger partial charge in [-0.05, 0) is 80.4 Å². The Morgan fingerprint density at radius 2 is 1.01 bits per heavy atom. The monoisotopic (exact) mass is 1240 g/mol. The van der Waals surface area contributed by atoms with Crippen molar-refractivity contribution in [2.45, 2.75) is 141 Å². The molecule has 0 fully saturated rings. The second-order valence-electron chi connectivity index (χ2n) is 20.1. The van der Waals surface area contributed by atoms with Crippen molar-refractivity contribution in [2.24, 2.45) is 23.3 Å². The van der Waals surface area contributed by atoms with Crippen molar-refractivity contribution >= 4 is 82.8 Å². The highest BCUT2D eigenvalue weighted by atomic mass is 32.2. The van der Waals surface area contributed by atoms with E-state index in [-0.39, 0.29) is 109 Å². The van der Waals surface area contributed by atoms with Crippen LogP contribution in [0.3, 0.4) is 0 Å². The first-order valence-corrected chi connectivity index (χ1v) is 27.7. The standard InChI is InChI=1S/C30H47N5O13S.C21H30N2O10S.CH4/c1-15(26(37)38)25(24(32)23(16(2)31)27(39)40)34-22(36)9-8-10-47-21-12-19(35(43)44)17(11-20(21)45-6)13-49-14-18(28(41)46-7)33-29(42)48-30(3,4)5;1-21(2,3)33-20(27)22-14(19(26)31-5)12-34-11-13-9-16(30-4)17(10-15(13)23(28)29)32-8-6-7-18(24)25;/h11-12,15-16,18,23-25H,8-10,13-14,31-32H2,1-7H3,(H,33,42)(H,34,36)(H,37,38)(H,39,40);9-10,14H,6-8,11-12H2,1-5H3,(H,22,27)(H,24,25);1H4. The molecule has 30 nitrogen and oxygen atoms in total. The van der Waals surface area contributed by atoms with Crippen LogP contribution in [0.2, 0.25) is 0 Å². The van der Waals surface area contributed by atoms with E-state index in [0.29, 0.717) is 5.56 Å². The fourth-order valence-corrected chi connectivity index (χ4v) is 9.19. The fourth-order valence-electron chi connectivity index (χ4n) is 7.14. The number of ether oxygens (including phenoxy) is 8. The van der Waals surface area contributed by atoms with E-state index in [0.717, 1.165) is 36.7 Å². The van der Waals surface area contributed by atoms with E-state index in [2.05, 4.69) is 16.0 Å². The molecular formula is C52H81N7O23S2. The SMILES string of the molecule is C.COC(=O)C(CSCc1cc(OC)c(OCCCC(=O)NC(C(C)C(=O)O)C(N)C(C(=O)O)C(C)N)cc1[N+](=O)[O-])NC(=O)OC(C)(C)C.COC(=O)C(CSCc1cc(OC)c(OCCCC(=O)O)cc1[N+](=O)[O-])NC(=O)OC(C)(C)C. The summed E-state index contributed by atoms with van der Waals surface area (Å²) in [4.78, 5) is 118. The summed E-state index contributed by atoms with van der Waals surface area (Å²) in [5, 5.41) is 58.6. The number of carboxylic acid groups (broad SMARTS) is 3. The molecule has 2 aromatic carbocycles. The molecule has 0 saturated carbocycles. The van der Waals surface area contributed by atoms with Crippen LogP contribution in [0.25, 0.3) is 0 Å². The lowest BCUT2D eigenvalue weighted by atomic mass is 9.83. The summed E-state index contributed by atoms with van der Waals surface area (Å²) in [6, 6.07) is -0.371. The van der Waals surface area contributed by atoms with Crippen molar-refractivity contribution in [3.8, 4) is 23.0 Å². The average Bonchev–Trinajstić information content (AvgIpc) is 3.51. The lowest BCUT2D eigenvalue weighted by Gasteiger charge is -2.33. The Balaban J connectivity index is 0.00000173. The third-order valence-corrected chi connectivity index (χ3v) is 13.3. The molecule has 0 aliphatic rings. The zero-order chi connectivity index (χ0) is 63.5. The number of hydrogen-bond donors (Lipinski definition) is 8. The minimum Gasteiger partial charge on any atom is -0.493 e. The van der Waals surface area contributed by atoms with E-state index >= 15 is 0 Å². The molecule has 7 atom stereocenters. The molecule has 0 bridgehead atoms. The van der Waals surface area contributed by atoms with Gasteiger partial charge in [0.2, 0.25) is 5.91 Å². The van der Waals surface area contributed by atoms with E-state index in [4.69, 9.17) is 54.5 Å². The normalized spacial score (nSPS) is 13.5. The van der Waals surface area contributed by atoms with Crippen molar-refractivity contribution in [3.05, 3.63) is 55.6 Å². The number of methoxy groups -OCH3 is 4. The number of thioether (sulfide) groups is 2. The van der Waals surface area contributed by atoms with Crippen molar-refractivity contribution in [3.63, 3.8) is 0 Å². The van der Waals surface area contributed by atoms with Gasteiger partial charge in [0, 0.05) is 59.1 Å². The summed E-state index contributed by atoms with van der Waals surface area (Å²) < 4.78 is 41.6. The number of aliphatic carboxylic acids is 3. The topological polar surface area (TPSA) is 446 Å². The number of nitro benzene ring substituents is 2. The number of carboxylic acids is 3. The van der Waals surface area contributed by atoms with Gasteiger partial charge in [-0.25, -0.2) is 19.2 Å². The van der Waals surface area contributed by atoms with E-state index in [1.165, 1.54) is 53.4 Å². The van der Waals surface area contributed by atoms with Crippen LogP contribution in [0.5, 0.6) is 23.0 Å². The maximum absolute atomic E-state index is 12.7. The van der Waals surface area contributed by atoms with Crippen molar-refractivity contribution < 1.29 is 101 Å². The third-order valence-electron chi connectivity index (χ3n) is 11.1. The van der Waals surface area contributed by atoms with Crippen LogP contribution in [-0.2, 0) is 59.2 Å². The Hall–Kier alpha value is -7.58. The van der Waals surface area contributed by atoms with Crippen LogP contribution in [0, 0.1) is 32.1 Å². The van der Waals surface area contributed by atoms with Gasteiger partial charge in [0.15, 0.2) is 23.0 Å². The third kappa shape index (κ3) is 27.7. The molecule has 10 N–H and O–H groups in total. The van der Waals surface area contributed by atoms with Crippen molar-refractivity contribution in [2.75, 3.05) is 53.2 Å². The molecule has 3 amide bonds. The first-order chi connectivity index (χ1) is 38.6. The fraction of sp³-hybridized carbons (Fsp3) is 0.615. The molecule has 474 valence electrons. The number of nitrogens with zero attached hydrogens (tertiary/aromatic N) is 2. The van der Waals surface area contributed by atoms with E-state index in [9.17, 15) is 68.8 Å². The highest BCUT2D eigenvalue weighted by Gasteiger charge is 2.40. The summed E-state index contributed by atoms with van der Waals surface area (Å²) in [6.45, 7) is 12.7. The smallest absolute Gasteiger partial charge is 0.408 e. The van der Waals surface area contributed by atoms with Gasteiger partial charge >= 0.3 is 42.0 Å². The second-order valence-corrected chi connectivity index (χ2v) is 22.1. The predicted octanol–water partition coefficient (Wildman–Crippen LogP) is 5.43. The lowest BCUT2D eigenvalue weighted by molar-refractivity contribution is -0.385. The Labute approximate surface area is 495 Å². The Morgan fingerprint density at radius 1 is 0.619 bits per heavy atom. The highest BCUT2D eigenvalue weighted by molar-refractivity contribution is 7.98. The minimum absolute atomic E-state index is 0. The quantitative estimate of drug-likeness (QED) is 0.0145. The highest BCUT2D eigenvalue weighted by Crippen LogP contribution is 2.38. The molecule has 7 unspecified atom stereocenters. The molecule has 0 radical (unpaired) electrons. The maximum Gasteiger partial charge on any atom is 0.408 e. The number of amides is 3. The van der Waals surface area contributed by atoms with Crippen molar-refractivity contribution in [1.82, 2.24) is 16.0 Å². The minimum atomic E-state index is -1.33. The molecule has 0 aromatic heterocycles. The van der Waals surface area contributed by atoms with Crippen LogP contribution in [-0.4, -0.2) is 168 Å². The number of nitrogens with one attached hydrogen (secondary N) is 3. The van der Waals surface area contributed by atoms with E-state index < -0.39 is 111 Å². The molecule has 0 heterocycles. The summed E-state index contributed by atoms with van der Waals surface area (Å²) in [7, 11) is 5.04. The number of carbonyl (C=O) groups excluding carboxylic acids is 5. The first kappa shape index (κ1) is 76.4. The zero-order valence-electron chi connectivity index (χ0n) is 48.3. The summed E-state index contributed by atoms with van der Waals surface area (Å²) >= 11 is 2.28. The number of nitro groups is 2. The van der Waals surface area contributed by atoms with Gasteiger partial charge < -0.3 is 80.6 Å². The molecule has 2 rings (SSSR count). The lowest BCUT2D eigenvalue weighted by Crippen LogP contribution is -2.60. The van der Waals surface area contributed by atoms with Gasteiger partial charge in [-0.2, -0.15) is 23.5 Å². The number of esters is 2. The van der Waals surface area contributed by atoms with Crippen LogP contribution in [0.4, 0.5) is 21.0 Å².